The molecule has 1 aliphatic carbocycles. The first-order valence-corrected chi connectivity index (χ1v) is 19.9. The quantitative estimate of drug-likeness (QED) is 0.0828. The number of imide groups is 1. The van der Waals surface area contributed by atoms with E-state index in [9.17, 15) is 18.9 Å². The van der Waals surface area contributed by atoms with Crippen molar-refractivity contribution in [3.05, 3.63) is 66.5 Å². The number of carbonyl (C=O) groups is 3. The number of nitrogen functional groups attached to an aromatic ring is 1. The van der Waals surface area contributed by atoms with E-state index >= 15 is 0 Å². The number of nitrogens with one attached hydrogen (secondary N) is 1. The van der Waals surface area contributed by atoms with Crippen LogP contribution in [0.1, 0.15) is 50.0 Å². The van der Waals surface area contributed by atoms with Crippen LogP contribution in [0, 0.1) is 0 Å². The molecule has 3 fully saturated rings. The van der Waals surface area contributed by atoms with Gasteiger partial charge in [0.2, 0.25) is 18.4 Å². The zero-order valence-electron chi connectivity index (χ0n) is 30.3. The Morgan fingerprint density at radius 2 is 1.82 bits per heavy atom. The largest absolute Gasteiger partial charge is 0.489 e. The summed E-state index contributed by atoms with van der Waals surface area (Å²) in [6.45, 7) is 1.77. The summed E-state index contributed by atoms with van der Waals surface area (Å²) < 4.78 is 30.9. The summed E-state index contributed by atoms with van der Waals surface area (Å²) in [4.78, 5) is 59.8. The number of rotatable bonds is 9. The second-order valence-corrected chi connectivity index (χ2v) is 15.3. The smallest absolute Gasteiger partial charge is 0.472 e. The van der Waals surface area contributed by atoms with Crippen LogP contribution >= 0.6 is 7.82 Å². The number of hydrogen-bond acceptors (Lipinski definition) is 12. The van der Waals surface area contributed by atoms with Crippen molar-refractivity contribution in [2.45, 2.75) is 50.5 Å². The van der Waals surface area contributed by atoms with Crippen LogP contribution in [0.15, 0.2) is 60.9 Å². The number of piperazine rings is 1. The molecule has 4 aliphatic rings. The van der Waals surface area contributed by atoms with Crippen molar-refractivity contribution >= 4 is 48.4 Å². The maximum absolute atomic E-state index is 13.6. The van der Waals surface area contributed by atoms with Gasteiger partial charge in [0.25, 0.3) is 5.91 Å². The van der Waals surface area contributed by atoms with Crippen LogP contribution in [0.5, 0.6) is 11.5 Å². The molecule has 56 heavy (non-hydrogen) atoms. The number of anilines is 3. The number of benzene rings is 2. The fourth-order valence-electron chi connectivity index (χ4n) is 7.96. The molecule has 3 amide bonds. The highest BCUT2D eigenvalue weighted by atomic mass is 31.2. The molecular weight excluding hydrogens is 745 g/mol. The zero-order valence-corrected chi connectivity index (χ0v) is 31.2. The number of nitrogens with zero attached hydrogens (tertiary/aromatic N) is 7. The normalized spacial score (nSPS) is 20.4. The third-order valence-corrected chi connectivity index (χ3v) is 11.1. The van der Waals surface area contributed by atoms with E-state index in [0.29, 0.717) is 61.7 Å². The van der Waals surface area contributed by atoms with Gasteiger partial charge in [0.05, 0.1) is 42.6 Å². The predicted molar refractivity (Wildman–Crippen MR) is 202 cm³/mol. The van der Waals surface area contributed by atoms with Crippen LogP contribution in [0.3, 0.4) is 0 Å². The average Bonchev–Trinajstić information content (AvgIpc) is 3.67. The number of carbonyl (C=O) groups excluding carboxylic acids is 3. The fourth-order valence-corrected chi connectivity index (χ4v) is 8.15. The van der Waals surface area contributed by atoms with Gasteiger partial charge in [-0.1, -0.05) is 24.3 Å². The average molecular weight is 787 g/mol. The van der Waals surface area contributed by atoms with Gasteiger partial charge in [-0.3, -0.25) is 24.6 Å². The molecule has 2 saturated heterocycles. The number of ether oxygens (including phenoxy) is 2. The maximum Gasteiger partial charge on any atom is 0.472 e. The van der Waals surface area contributed by atoms with E-state index < -0.39 is 20.7 Å². The highest BCUT2D eigenvalue weighted by Gasteiger charge is 2.37. The lowest BCUT2D eigenvalue weighted by Crippen LogP contribution is -2.54. The minimum atomic E-state index is -4.73. The van der Waals surface area contributed by atoms with Crippen LogP contribution in [-0.4, -0.2) is 103 Å². The number of phosphoric acid groups is 1. The van der Waals surface area contributed by atoms with Crippen LogP contribution in [0.4, 0.5) is 17.2 Å². The van der Waals surface area contributed by atoms with Gasteiger partial charge < -0.3 is 29.9 Å². The maximum atomic E-state index is 13.6. The van der Waals surface area contributed by atoms with E-state index in [0.717, 1.165) is 42.7 Å². The summed E-state index contributed by atoms with van der Waals surface area (Å²) in [6, 6.07) is 14.1. The highest BCUT2D eigenvalue weighted by Crippen LogP contribution is 2.44. The summed E-state index contributed by atoms with van der Waals surface area (Å²) in [6.07, 6.45) is 7.67. The molecular formula is C37H41N9O9P+. The lowest BCUT2D eigenvalue weighted by Gasteiger charge is -2.39. The van der Waals surface area contributed by atoms with Gasteiger partial charge in [0, 0.05) is 24.8 Å². The standard InChI is InChI=1S/C37H40N9O9P/c38-36-31(18-28(41-42-36)27-4-1-2-7-32(27)54-22-55-56(50,51)52)46-20-25(19-39-46)44-15-14-43(21-34(44)48)24-10-8-23(9-11-24)26-5-3-6-29-35(26)53-17-16-45(29)30-12-13-33(47)40-37(30)49/h1-7,18-20,23,30H,8-17,21-22H2,(H4-,38,40,42,47,49,50,51,52)/p+1/t23?,30-/m0/s1. The molecule has 0 bridgehead atoms. The lowest BCUT2D eigenvalue weighted by atomic mass is 9.82. The molecule has 1 saturated carbocycles. The SMILES string of the molecule is Nc1nnc(-c2ccccc2OCOP(=O)(O)O)cc1-n1cc(N2CC[N+](=C3CCC(c4cccc5c4OCCN5[C@H]4CCC(=O)NC4=O)CC3)CC2=O)cn1. The Bertz CT molecular complexity index is 2260. The Balaban J connectivity index is 0.921. The van der Waals surface area contributed by atoms with E-state index in [1.807, 2.05) is 12.1 Å². The first-order chi connectivity index (χ1) is 27.0. The number of nitrogens with two attached hydrogens (primary N) is 1. The van der Waals surface area contributed by atoms with Crippen LogP contribution in [-0.2, 0) is 23.5 Å². The van der Waals surface area contributed by atoms with E-state index in [-0.39, 0.29) is 41.8 Å². The lowest BCUT2D eigenvalue weighted by molar-refractivity contribution is -0.520. The highest BCUT2D eigenvalue weighted by molar-refractivity contribution is 7.46. The second-order valence-electron chi connectivity index (χ2n) is 14.0. The molecule has 1 atom stereocenters. The first-order valence-electron chi connectivity index (χ1n) is 18.4. The number of aromatic nitrogens is 4. The molecule has 2 aromatic heterocycles. The number of para-hydroxylation sites is 2. The molecule has 3 aliphatic heterocycles. The Kier molecular flexibility index (Phi) is 10.3. The third-order valence-electron chi connectivity index (χ3n) is 10.7. The van der Waals surface area contributed by atoms with Crippen LogP contribution < -0.4 is 30.3 Å². The van der Waals surface area contributed by atoms with Gasteiger partial charge in [-0.15, -0.1) is 10.2 Å². The molecule has 5 N–H and O–H groups in total. The van der Waals surface area contributed by atoms with Gasteiger partial charge >= 0.3 is 7.82 Å². The Hall–Kier alpha value is -5.68. The Morgan fingerprint density at radius 1 is 1.00 bits per heavy atom. The second kappa shape index (κ2) is 15.5. The summed E-state index contributed by atoms with van der Waals surface area (Å²) >= 11 is 0. The van der Waals surface area contributed by atoms with E-state index in [1.54, 1.807) is 47.6 Å². The van der Waals surface area contributed by atoms with Crippen molar-refractivity contribution < 1.29 is 47.3 Å². The Labute approximate surface area is 321 Å². The molecule has 0 spiro atoms. The molecule has 19 heteroatoms. The number of hydrogen-bond donors (Lipinski definition) is 4. The first kappa shape index (κ1) is 37.3. The molecule has 2 aromatic carbocycles. The minimum Gasteiger partial charge on any atom is -0.489 e. The number of piperidine rings is 1. The number of phosphoric ester groups is 1. The van der Waals surface area contributed by atoms with Crippen molar-refractivity contribution in [2.24, 2.45) is 0 Å². The summed E-state index contributed by atoms with van der Waals surface area (Å²) in [5.41, 5.74) is 11.4. The van der Waals surface area contributed by atoms with Crippen molar-refractivity contribution in [2.75, 3.05) is 55.1 Å². The minimum absolute atomic E-state index is 0.0467. The zero-order chi connectivity index (χ0) is 39.0. The van der Waals surface area contributed by atoms with Crippen molar-refractivity contribution in [3.8, 4) is 28.4 Å². The molecule has 4 aromatic rings. The molecule has 5 heterocycles. The Morgan fingerprint density at radius 3 is 2.61 bits per heavy atom. The van der Waals surface area contributed by atoms with Gasteiger partial charge in [-0.25, -0.2) is 18.3 Å². The number of fused-ring (bicyclic) bond motifs is 1. The number of amides is 3. The van der Waals surface area contributed by atoms with Gasteiger partial charge in [0.15, 0.2) is 24.9 Å². The summed E-state index contributed by atoms with van der Waals surface area (Å²) in [5, 5.41) is 15.2. The van der Waals surface area contributed by atoms with Crippen LogP contribution in [0.2, 0.25) is 0 Å². The van der Waals surface area contributed by atoms with E-state index in [1.165, 1.54) is 10.4 Å². The fraction of sp³-hybridized carbons (Fsp3) is 0.378. The third kappa shape index (κ3) is 7.73. The van der Waals surface area contributed by atoms with Crippen molar-refractivity contribution in [3.63, 3.8) is 0 Å². The molecule has 292 valence electrons. The van der Waals surface area contributed by atoms with E-state index in [4.69, 9.17) is 25.0 Å². The molecule has 0 unspecified atom stereocenters. The summed E-state index contributed by atoms with van der Waals surface area (Å²) in [7, 11) is -4.73. The molecule has 0 radical (unpaired) electrons. The van der Waals surface area contributed by atoms with Crippen molar-refractivity contribution in [1.29, 1.82) is 0 Å². The summed E-state index contributed by atoms with van der Waals surface area (Å²) in [5.74, 6) is 0.927. The van der Waals surface area contributed by atoms with Gasteiger partial charge in [-0.2, -0.15) is 5.10 Å². The monoisotopic (exact) mass is 786 g/mol. The van der Waals surface area contributed by atoms with Gasteiger partial charge in [0.1, 0.15) is 29.8 Å². The predicted octanol–water partition coefficient (Wildman–Crippen LogP) is 2.52. The van der Waals surface area contributed by atoms with Gasteiger partial charge in [-0.05, 0) is 55.0 Å². The van der Waals surface area contributed by atoms with E-state index in [2.05, 4.69) is 40.7 Å². The molecule has 8 rings (SSSR count). The molecule has 18 nitrogen and oxygen atoms in total. The van der Waals surface area contributed by atoms with Crippen LogP contribution in [0.25, 0.3) is 16.9 Å². The van der Waals surface area contributed by atoms with Crippen molar-refractivity contribution in [1.82, 2.24) is 25.3 Å². The topological polar surface area (TPSA) is 228 Å².